The molecule has 2 heterocycles. The lowest BCUT2D eigenvalue weighted by molar-refractivity contribution is 0.0963. The summed E-state index contributed by atoms with van der Waals surface area (Å²) in [6.07, 6.45) is 0. The zero-order valence-corrected chi connectivity index (χ0v) is 10.6. The molecule has 8 nitrogen and oxygen atoms in total. The van der Waals surface area contributed by atoms with Gasteiger partial charge in [0.2, 0.25) is 0 Å². The van der Waals surface area contributed by atoms with Crippen molar-refractivity contribution in [2.75, 3.05) is 12.4 Å². The van der Waals surface area contributed by atoms with Crippen LogP contribution in [0, 0.1) is 0 Å². The molecule has 0 bridgehead atoms. The lowest BCUT2D eigenvalue weighted by Gasteiger charge is -2.06. The third kappa shape index (κ3) is 2.26. The minimum Gasteiger partial charge on any atom is -0.355 e. The third-order valence-corrected chi connectivity index (χ3v) is 2.72. The quantitative estimate of drug-likeness (QED) is 0.723. The Kier molecular flexibility index (Phi) is 2.96. The largest absolute Gasteiger partial charge is 0.355 e. The maximum absolute atomic E-state index is 11.4. The van der Waals surface area contributed by atoms with Crippen LogP contribution < -0.4 is 10.6 Å². The Balaban J connectivity index is 1.81. The van der Waals surface area contributed by atoms with Crippen LogP contribution in [0.4, 0.5) is 11.5 Å². The molecule has 0 spiro atoms. The molecule has 100 valence electrons. The number of anilines is 2. The Bertz CT molecular complexity index is 750. The standard InChI is InChI=1S/C12H11N7O/c1-13-12(20)8-2-4-9(5-3-8)14-10-6-7-11-15-17-18-19(11)16-10/h2-7H,1H3,(H,13,20)(H,14,16). The van der Waals surface area contributed by atoms with Gasteiger partial charge in [-0.2, -0.15) is 0 Å². The van der Waals surface area contributed by atoms with E-state index in [4.69, 9.17) is 0 Å². The number of tetrazole rings is 1. The Morgan fingerprint density at radius 3 is 2.70 bits per heavy atom. The van der Waals surface area contributed by atoms with Crippen LogP contribution in [0.5, 0.6) is 0 Å². The highest BCUT2D eigenvalue weighted by Crippen LogP contribution is 2.15. The van der Waals surface area contributed by atoms with Crippen molar-refractivity contribution in [3.05, 3.63) is 42.0 Å². The van der Waals surface area contributed by atoms with Gasteiger partial charge in [-0.3, -0.25) is 4.79 Å². The predicted octanol–water partition coefficient (Wildman–Crippen LogP) is 0.622. The molecule has 0 unspecified atom stereocenters. The van der Waals surface area contributed by atoms with Crippen molar-refractivity contribution in [2.45, 2.75) is 0 Å². The first-order valence-corrected chi connectivity index (χ1v) is 5.91. The van der Waals surface area contributed by atoms with E-state index in [1.54, 1.807) is 43.4 Å². The molecule has 0 saturated heterocycles. The van der Waals surface area contributed by atoms with E-state index in [0.717, 1.165) is 5.69 Å². The molecule has 0 aliphatic heterocycles. The number of hydrogen-bond acceptors (Lipinski definition) is 6. The summed E-state index contributed by atoms with van der Waals surface area (Å²) < 4.78 is 1.33. The minimum atomic E-state index is -0.121. The van der Waals surface area contributed by atoms with Crippen LogP contribution in [0.3, 0.4) is 0 Å². The normalized spacial score (nSPS) is 10.4. The van der Waals surface area contributed by atoms with Gasteiger partial charge in [0.25, 0.3) is 5.91 Å². The summed E-state index contributed by atoms with van der Waals surface area (Å²) in [6, 6.07) is 10.6. The van der Waals surface area contributed by atoms with Crippen LogP contribution in [0.2, 0.25) is 0 Å². The molecule has 1 aromatic carbocycles. The van der Waals surface area contributed by atoms with Crippen LogP contribution in [-0.4, -0.2) is 38.2 Å². The first-order chi connectivity index (χ1) is 9.76. The molecule has 0 saturated carbocycles. The number of hydrogen-bond donors (Lipinski definition) is 2. The van der Waals surface area contributed by atoms with Gasteiger partial charge in [0.05, 0.1) is 0 Å². The summed E-state index contributed by atoms with van der Waals surface area (Å²) in [6.45, 7) is 0. The van der Waals surface area contributed by atoms with E-state index in [9.17, 15) is 4.79 Å². The zero-order valence-electron chi connectivity index (χ0n) is 10.6. The maximum Gasteiger partial charge on any atom is 0.251 e. The molecular weight excluding hydrogens is 258 g/mol. The van der Waals surface area contributed by atoms with E-state index < -0.39 is 0 Å². The second-order valence-electron chi connectivity index (χ2n) is 4.03. The molecule has 20 heavy (non-hydrogen) atoms. The number of aromatic nitrogens is 5. The lowest BCUT2D eigenvalue weighted by Crippen LogP contribution is -2.17. The summed E-state index contributed by atoms with van der Waals surface area (Å²) >= 11 is 0. The number of carbonyl (C=O) groups is 1. The number of fused-ring (bicyclic) bond motifs is 1. The second-order valence-corrected chi connectivity index (χ2v) is 4.03. The molecule has 1 amide bonds. The number of rotatable bonds is 3. The summed E-state index contributed by atoms with van der Waals surface area (Å²) in [4.78, 5) is 11.4. The van der Waals surface area contributed by atoms with E-state index in [2.05, 4.69) is 31.3 Å². The summed E-state index contributed by atoms with van der Waals surface area (Å²) in [7, 11) is 1.60. The van der Waals surface area contributed by atoms with Gasteiger partial charge in [-0.05, 0) is 46.8 Å². The molecule has 0 aliphatic carbocycles. The van der Waals surface area contributed by atoms with Crippen molar-refractivity contribution in [1.29, 1.82) is 0 Å². The third-order valence-electron chi connectivity index (χ3n) is 2.72. The fraction of sp³-hybridized carbons (Fsp3) is 0.0833. The summed E-state index contributed by atoms with van der Waals surface area (Å²) in [5.41, 5.74) is 1.99. The predicted molar refractivity (Wildman–Crippen MR) is 71.7 cm³/mol. The highest BCUT2D eigenvalue weighted by Gasteiger charge is 2.04. The van der Waals surface area contributed by atoms with Crippen molar-refractivity contribution in [1.82, 2.24) is 30.6 Å². The second kappa shape index (κ2) is 4.92. The molecule has 0 fully saturated rings. The Morgan fingerprint density at radius 2 is 1.95 bits per heavy atom. The Morgan fingerprint density at radius 1 is 1.15 bits per heavy atom. The van der Waals surface area contributed by atoms with Gasteiger partial charge in [0.1, 0.15) is 0 Å². The van der Waals surface area contributed by atoms with Crippen LogP contribution >= 0.6 is 0 Å². The Hall–Kier alpha value is -3.03. The molecule has 3 aromatic rings. The minimum absolute atomic E-state index is 0.121. The molecule has 3 rings (SSSR count). The SMILES string of the molecule is CNC(=O)c1ccc(Nc2ccc3nnnn3n2)cc1. The van der Waals surface area contributed by atoms with Gasteiger partial charge < -0.3 is 10.6 Å². The van der Waals surface area contributed by atoms with Crippen molar-refractivity contribution in [2.24, 2.45) is 0 Å². The lowest BCUT2D eigenvalue weighted by atomic mass is 10.2. The van der Waals surface area contributed by atoms with Crippen molar-refractivity contribution in [3.8, 4) is 0 Å². The number of carbonyl (C=O) groups excluding carboxylic acids is 1. The van der Waals surface area contributed by atoms with Crippen molar-refractivity contribution >= 4 is 23.1 Å². The highest BCUT2D eigenvalue weighted by atomic mass is 16.1. The van der Waals surface area contributed by atoms with Crippen LogP contribution in [0.15, 0.2) is 36.4 Å². The van der Waals surface area contributed by atoms with E-state index >= 15 is 0 Å². The molecule has 0 atom stereocenters. The molecule has 2 N–H and O–H groups in total. The summed E-state index contributed by atoms with van der Waals surface area (Å²) in [5.74, 6) is 0.488. The molecule has 8 heteroatoms. The first kappa shape index (κ1) is 12.0. The van der Waals surface area contributed by atoms with E-state index in [1.165, 1.54) is 4.63 Å². The van der Waals surface area contributed by atoms with Crippen LogP contribution in [-0.2, 0) is 0 Å². The number of nitrogens with one attached hydrogen (secondary N) is 2. The maximum atomic E-state index is 11.4. The van der Waals surface area contributed by atoms with Gasteiger partial charge >= 0.3 is 0 Å². The van der Waals surface area contributed by atoms with Gasteiger partial charge in [0, 0.05) is 18.3 Å². The fourth-order valence-corrected chi connectivity index (χ4v) is 1.71. The van der Waals surface area contributed by atoms with Crippen molar-refractivity contribution < 1.29 is 4.79 Å². The average Bonchev–Trinajstić information content (AvgIpc) is 2.95. The average molecular weight is 269 g/mol. The van der Waals surface area contributed by atoms with Gasteiger partial charge in [-0.15, -0.1) is 14.8 Å². The molecule has 2 aromatic heterocycles. The highest BCUT2D eigenvalue weighted by molar-refractivity contribution is 5.94. The molecule has 0 radical (unpaired) electrons. The smallest absolute Gasteiger partial charge is 0.251 e. The van der Waals surface area contributed by atoms with Gasteiger partial charge in [-0.1, -0.05) is 0 Å². The fourth-order valence-electron chi connectivity index (χ4n) is 1.71. The van der Waals surface area contributed by atoms with E-state index in [1.807, 2.05) is 0 Å². The van der Waals surface area contributed by atoms with Gasteiger partial charge in [0.15, 0.2) is 11.5 Å². The monoisotopic (exact) mass is 269 g/mol. The van der Waals surface area contributed by atoms with E-state index in [-0.39, 0.29) is 5.91 Å². The van der Waals surface area contributed by atoms with Crippen molar-refractivity contribution in [3.63, 3.8) is 0 Å². The molecular formula is C12H11N7O. The zero-order chi connectivity index (χ0) is 13.9. The number of benzene rings is 1. The van der Waals surface area contributed by atoms with Crippen LogP contribution in [0.1, 0.15) is 10.4 Å². The topological polar surface area (TPSA) is 97.1 Å². The Labute approximate surface area is 113 Å². The first-order valence-electron chi connectivity index (χ1n) is 5.91. The molecule has 0 aliphatic rings. The number of amides is 1. The van der Waals surface area contributed by atoms with Crippen LogP contribution in [0.25, 0.3) is 5.65 Å². The number of nitrogens with zero attached hydrogens (tertiary/aromatic N) is 5. The van der Waals surface area contributed by atoms with Gasteiger partial charge in [-0.25, -0.2) is 0 Å². The van der Waals surface area contributed by atoms with E-state index in [0.29, 0.717) is 17.0 Å². The summed E-state index contributed by atoms with van der Waals surface area (Å²) in [5, 5.41) is 20.9.